The maximum absolute atomic E-state index is 12.7. The Morgan fingerprint density at radius 2 is 1.96 bits per heavy atom. The Morgan fingerprint density at radius 1 is 1.21 bits per heavy atom. The third kappa shape index (κ3) is 3.19. The predicted molar refractivity (Wildman–Crippen MR) is 96.3 cm³/mol. The SMILES string of the molecule is Cc1cc(-c2cc(S(=O)(=O)Nc3cccc(Cl)c3C)c(C)s2)on1. The summed E-state index contributed by atoms with van der Waals surface area (Å²) in [5.74, 6) is 0.556. The van der Waals surface area contributed by atoms with Gasteiger partial charge in [-0.2, -0.15) is 0 Å². The molecule has 3 aromatic rings. The number of aryl methyl sites for hydroxylation is 2. The summed E-state index contributed by atoms with van der Waals surface area (Å²) < 4.78 is 33.3. The average Bonchev–Trinajstić information content (AvgIpc) is 3.10. The molecule has 5 nitrogen and oxygen atoms in total. The molecule has 0 atom stereocenters. The van der Waals surface area contributed by atoms with Gasteiger partial charge >= 0.3 is 0 Å². The number of aromatic nitrogens is 1. The molecular formula is C16H15ClN2O3S2. The van der Waals surface area contributed by atoms with Gasteiger partial charge in [0.1, 0.15) is 4.90 Å². The fourth-order valence-electron chi connectivity index (χ4n) is 2.25. The van der Waals surface area contributed by atoms with Crippen molar-refractivity contribution < 1.29 is 12.9 Å². The molecule has 0 spiro atoms. The third-order valence-corrected chi connectivity index (χ3v) is 6.64. The van der Waals surface area contributed by atoms with Crippen LogP contribution >= 0.6 is 22.9 Å². The summed E-state index contributed by atoms with van der Waals surface area (Å²) in [6, 6.07) is 8.48. The van der Waals surface area contributed by atoms with Crippen LogP contribution in [0.5, 0.6) is 0 Å². The van der Waals surface area contributed by atoms with Gasteiger partial charge in [-0.25, -0.2) is 8.42 Å². The maximum atomic E-state index is 12.7. The second-order valence-corrected chi connectivity index (χ2v) is 8.70. The summed E-state index contributed by atoms with van der Waals surface area (Å²) in [5.41, 5.74) is 1.89. The van der Waals surface area contributed by atoms with E-state index in [1.807, 2.05) is 6.92 Å². The summed E-state index contributed by atoms with van der Waals surface area (Å²) >= 11 is 7.40. The molecule has 2 aromatic heterocycles. The number of hydrogen-bond donors (Lipinski definition) is 1. The van der Waals surface area contributed by atoms with Crippen molar-refractivity contribution in [2.24, 2.45) is 0 Å². The highest BCUT2D eigenvalue weighted by molar-refractivity contribution is 7.93. The largest absolute Gasteiger partial charge is 0.355 e. The van der Waals surface area contributed by atoms with Crippen LogP contribution in [0.3, 0.4) is 0 Å². The van der Waals surface area contributed by atoms with E-state index in [1.165, 1.54) is 11.3 Å². The van der Waals surface area contributed by atoms with Crippen LogP contribution in [-0.2, 0) is 10.0 Å². The van der Waals surface area contributed by atoms with Gasteiger partial charge in [0.15, 0.2) is 5.76 Å². The summed E-state index contributed by atoms with van der Waals surface area (Å²) in [7, 11) is -3.72. The molecule has 0 aliphatic carbocycles. The van der Waals surface area contributed by atoms with Crippen LogP contribution in [0, 0.1) is 20.8 Å². The molecule has 0 fully saturated rings. The lowest BCUT2D eigenvalue weighted by Crippen LogP contribution is -2.14. The van der Waals surface area contributed by atoms with Gasteiger partial charge in [0.05, 0.1) is 16.3 Å². The molecule has 3 rings (SSSR count). The molecular weight excluding hydrogens is 368 g/mol. The van der Waals surface area contributed by atoms with Crippen LogP contribution in [-0.4, -0.2) is 13.6 Å². The van der Waals surface area contributed by atoms with Crippen molar-refractivity contribution in [3.8, 4) is 10.6 Å². The summed E-state index contributed by atoms with van der Waals surface area (Å²) in [4.78, 5) is 1.61. The first-order valence-electron chi connectivity index (χ1n) is 7.10. The van der Waals surface area contributed by atoms with Crippen molar-refractivity contribution in [2.45, 2.75) is 25.7 Å². The molecule has 0 unspecified atom stereocenters. The second-order valence-electron chi connectivity index (χ2n) is 5.38. The molecule has 1 aromatic carbocycles. The Labute approximate surface area is 149 Å². The molecule has 1 N–H and O–H groups in total. The van der Waals surface area contributed by atoms with Gasteiger partial charge in [0, 0.05) is 16.0 Å². The first-order valence-corrected chi connectivity index (χ1v) is 9.78. The number of sulfonamides is 1. The maximum Gasteiger partial charge on any atom is 0.263 e. The number of thiophene rings is 1. The zero-order valence-corrected chi connectivity index (χ0v) is 15.6. The number of halogens is 1. The molecule has 0 aliphatic rings. The molecule has 0 amide bonds. The standard InChI is InChI=1S/C16H15ClN2O3S2/c1-9-7-14(22-18-9)15-8-16(11(3)23-15)24(20,21)19-13-6-4-5-12(17)10(13)2/h4-8,19H,1-3H3. The van der Waals surface area contributed by atoms with Gasteiger partial charge in [-0.1, -0.05) is 22.8 Å². The molecule has 0 bridgehead atoms. The monoisotopic (exact) mass is 382 g/mol. The number of nitrogens with zero attached hydrogens (tertiary/aromatic N) is 1. The van der Waals surface area contributed by atoms with Gasteiger partial charge in [-0.3, -0.25) is 4.72 Å². The quantitative estimate of drug-likeness (QED) is 0.704. The normalized spacial score (nSPS) is 11.7. The van der Waals surface area contributed by atoms with E-state index in [2.05, 4.69) is 9.88 Å². The molecule has 0 aliphatic heterocycles. The van der Waals surface area contributed by atoms with Gasteiger partial charge in [-0.15, -0.1) is 11.3 Å². The highest BCUT2D eigenvalue weighted by Crippen LogP contribution is 2.35. The first kappa shape index (κ1) is 17.0. The van der Waals surface area contributed by atoms with Crippen LogP contribution in [0.2, 0.25) is 5.02 Å². The molecule has 0 radical (unpaired) electrons. The van der Waals surface area contributed by atoms with Crippen LogP contribution < -0.4 is 4.72 Å². The molecule has 2 heterocycles. The third-order valence-electron chi connectivity index (χ3n) is 3.54. The summed E-state index contributed by atoms with van der Waals surface area (Å²) in [5, 5.41) is 4.34. The highest BCUT2D eigenvalue weighted by Gasteiger charge is 2.22. The van der Waals surface area contributed by atoms with Gasteiger partial charge in [-0.05, 0) is 44.5 Å². The van der Waals surface area contributed by atoms with E-state index in [-0.39, 0.29) is 4.90 Å². The van der Waals surface area contributed by atoms with Crippen molar-refractivity contribution in [1.82, 2.24) is 5.16 Å². The van der Waals surface area contributed by atoms with Crippen molar-refractivity contribution in [3.05, 3.63) is 51.5 Å². The van der Waals surface area contributed by atoms with E-state index < -0.39 is 10.0 Å². The number of benzene rings is 1. The molecule has 8 heteroatoms. The van der Waals surface area contributed by atoms with Crippen LogP contribution in [0.15, 0.2) is 39.8 Å². The fourth-order valence-corrected chi connectivity index (χ4v) is 5.09. The lowest BCUT2D eigenvalue weighted by molar-refractivity contribution is 0.428. The van der Waals surface area contributed by atoms with E-state index in [1.54, 1.807) is 44.2 Å². The minimum absolute atomic E-state index is 0.218. The molecule has 24 heavy (non-hydrogen) atoms. The molecule has 126 valence electrons. The molecule has 0 saturated carbocycles. The number of anilines is 1. The topological polar surface area (TPSA) is 72.2 Å². The fraction of sp³-hybridized carbons (Fsp3) is 0.188. The summed E-state index contributed by atoms with van der Waals surface area (Å²) in [6.07, 6.45) is 0. The van der Waals surface area contributed by atoms with Crippen molar-refractivity contribution in [3.63, 3.8) is 0 Å². The molecule has 0 saturated heterocycles. The number of hydrogen-bond acceptors (Lipinski definition) is 5. The predicted octanol–water partition coefficient (Wildman–Crippen LogP) is 4.78. The number of rotatable bonds is 4. The van der Waals surface area contributed by atoms with E-state index in [9.17, 15) is 8.42 Å². The Kier molecular flexibility index (Phi) is 4.42. The second kappa shape index (κ2) is 6.23. The Balaban J connectivity index is 1.98. The highest BCUT2D eigenvalue weighted by atomic mass is 35.5. The van der Waals surface area contributed by atoms with E-state index in [4.69, 9.17) is 16.1 Å². The van der Waals surface area contributed by atoms with Crippen molar-refractivity contribution >= 4 is 38.6 Å². The van der Waals surface area contributed by atoms with Crippen molar-refractivity contribution in [2.75, 3.05) is 4.72 Å². The van der Waals surface area contributed by atoms with Gasteiger partial charge in [0.2, 0.25) is 0 Å². The van der Waals surface area contributed by atoms with Gasteiger partial charge in [0.25, 0.3) is 10.0 Å². The Bertz CT molecular complexity index is 1010. The first-order chi connectivity index (χ1) is 11.3. The van der Waals surface area contributed by atoms with Gasteiger partial charge < -0.3 is 4.52 Å². The van der Waals surface area contributed by atoms with E-state index in [0.29, 0.717) is 26.9 Å². The van der Waals surface area contributed by atoms with Crippen LogP contribution in [0.4, 0.5) is 5.69 Å². The lowest BCUT2D eigenvalue weighted by Gasteiger charge is -2.11. The summed E-state index contributed by atoms with van der Waals surface area (Å²) in [6.45, 7) is 5.34. The van der Waals surface area contributed by atoms with E-state index >= 15 is 0 Å². The Hall–Kier alpha value is -1.83. The zero-order valence-electron chi connectivity index (χ0n) is 13.3. The smallest absolute Gasteiger partial charge is 0.263 e. The average molecular weight is 383 g/mol. The lowest BCUT2D eigenvalue weighted by atomic mass is 10.2. The van der Waals surface area contributed by atoms with Crippen LogP contribution in [0.1, 0.15) is 16.1 Å². The minimum atomic E-state index is -3.72. The Morgan fingerprint density at radius 3 is 2.62 bits per heavy atom. The zero-order chi connectivity index (χ0) is 17.5. The number of nitrogens with one attached hydrogen (secondary N) is 1. The van der Waals surface area contributed by atoms with Crippen molar-refractivity contribution in [1.29, 1.82) is 0 Å². The minimum Gasteiger partial charge on any atom is -0.355 e. The van der Waals surface area contributed by atoms with Crippen LogP contribution in [0.25, 0.3) is 10.6 Å². The van der Waals surface area contributed by atoms with E-state index in [0.717, 1.165) is 10.6 Å².